The van der Waals surface area contributed by atoms with E-state index in [4.69, 9.17) is 27.9 Å². The van der Waals surface area contributed by atoms with Gasteiger partial charge in [0.2, 0.25) is 0 Å². The lowest BCUT2D eigenvalue weighted by atomic mass is 10.2. The van der Waals surface area contributed by atoms with Crippen molar-refractivity contribution in [2.75, 3.05) is 6.61 Å². The van der Waals surface area contributed by atoms with Gasteiger partial charge in [0.15, 0.2) is 5.75 Å². The molecule has 0 aliphatic rings. The summed E-state index contributed by atoms with van der Waals surface area (Å²) < 4.78 is 5.32. The highest BCUT2D eigenvalue weighted by molar-refractivity contribution is 6.37. The van der Waals surface area contributed by atoms with Crippen LogP contribution in [0, 0.1) is 0 Å². The maximum atomic E-state index is 11.8. The zero-order chi connectivity index (χ0) is 14.4. The molecule has 19 heavy (non-hydrogen) atoms. The number of hydrogen-bond acceptors (Lipinski definition) is 3. The zero-order valence-corrected chi connectivity index (χ0v) is 12.3. The van der Waals surface area contributed by atoms with Gasteiger partial charge in [0.1, 0.15) is 6.61 Å². The summed E-state index contributed by atoms with van der Waals surface area (Å²) in [5.41, 5.74) is 5.71. The molecule has 0 radical (unpaired) electrons. The van der Waals surface area contributed by atoms with Gasteiger partial charge in [0.25, 0.3) is 5.91 Å². The fourth-order valence-corrected chi connectivity index (χ4v) is 1.85. The Morgan fingerprint density at radius 3 is 2.47 bits per heavy atom. The summed E-state index contributed by atoms with van der Waals surface area (Å²) in [5.74, 6) is 0.0318. The van der Waals surface area contributed by atoms with E-state index >= 15 is 0 Å². The highest BCUT2D eigenvalue weighted by atomic mass is 35.5. The minimum Gasteiger partial charge on any atom is -0.486 e. The van der Waals surface area contributed by atoms with Crippen molar-refractivity contribution in [3.63, 3.8) is 0 Å². The number of benzene rings is 1. The number of amides is 1. The minimum absolute atomic E-state index is 0.130. The molecule has 0 unspecified atom stereocenters. The third-order valence-corrected chi connectivity index (χ3v) is 2.64. The Labute approximate surface area is 122 Å². The normalized spacial score (nSPS) is 10.4. The number of carbonyl (C=O) groups excluding carboxylic acids is 1. The van der Waals surface area contributed by atoms with Crippen LogP contribution in [0.25, 0.3) is 0 Å². The molecule has 1 aromatic rings. The maximum Gasteiger partial charge on any atom is 0.265 e. The van der Waals surface area contributed by atoms with E-state index in [-0.39, 0.29) is 22.0 Å². The first kappa shape index (κ1) is 15.8. The molecule has 1 aromatic carbocycles. The van der Waals surface area contributed by atoms with E-state index in [2.05, 4.69) is 17.4 Å². The lowest BCUT2D eigenvalue weighted by Gasteiger charge is -2.12. The average Bonchev–Trinajstić information content (AvgIpc) is 2.34. The summed E-state index contributed by atoms with van der Waals surface area (Å²) >= 11 is 12.1. The number of hydrogen-bond donors (Lipinski definition) is 2. The highest BCUT2D eigenvalue weighted by Gasteiger charge is 2.14. The van der Waals surface area contributed by atoms with Gasteiger partial charge in [-0.25, -0.2) is 5.43 Å². The van der Waals surface area contributed by atoms with Crippen LogP contribution in [-0.4, -0.2) is 18.6 Å². The van der Waals surface area contributed by atoms with Crippen LogP contribution in [0.4, 0.5) is 0 Å². The van der Waals surface area contributed by atoms with Gasteiger partial charge in [-0.3, -0.25) is 10.2 Å². The molecule has 2 N–H and O–H groups in total. The highest BCUT2D eigenvalue weighted by Crippen LogP contribution is 2.34. The van der Waals surface area contributed by atoms with Gasteiger partial charge in [-0.2, -0.15) is 0 Å². The van der Waals surface area contributed by atoms with Gasteiger partial charge in [-0.15, -0.1) is 0 Å². The third kappa shape index (κ3) is 4.74. The van der Waals surface area contributed by atoms with E-state index in [0.717, 1.165) is 0 Å². The molecular formula is C13H16Cl2N2O2. The Hall–Kier alpha value is -1.23. The molecule has 0 saturated carbocycles. The van der Waals surface area contributed by atoms with Crippen LogP contribution in [0.2, 0.25) is 10.0 Å². The smallest absolute Gasteiger partial charge is 0.265 e. The van der Waals surface area contributed by atoms with E-state index < -0.39 is 0 Å². The maximum absolute atomic E-state index is 11.8. The molecule has 6 heteroatoms. The molecule has 0 atom stereocenters. The van der Waals surface area contributed by atoms with Crippen LogP contribution in [0.3, 0.4) is 0 Å². The fourth-order valence-electron chi connectivity index (χ4n) is 1.25. The molecule has 1 rings (SSSR count). The number of carbonyl (C=O) groups is 1. The van der Waals surface area contributed by atoms with Crippen molar-refractivity contribution < 1.29 is 9.53 Å². The Kier molecular flexibility index (Phi) is 6.15. The molecule has 0 saturated heterocycles. The van der Waals surface area contributed by atoms with Crippen molar-refractivity contribution in [3.8, 4) is 5.75 Å². The van der Waals surface area contributed by atoms with E-state index in [1.165, 1.54) is 12.1 Å². The van der Waals surface area contributed by atoms with Crippen molar-refractivity contribution in [2.45, 2.75) is 19.9 Å². The van der Waals surface area contributed by atoms with E-state index in [1.54, 1.807) is 6.08 Å². The molecule has 0 bridgehead atoms. The van der Waals surface area contributed by atoms with Gasteiger partial charge in [-0.1, -0.05) is 35.9 Å². The summed E-state index contributed by atoms with van der Waals surface area (Å²) in [6, 6.07) is 3.14. The van der Waals surface area contributed by atoms with Crippen molar-refractivity contribution in [1.82, 2.24) is 10.9 Å². The first-order chi connectivity index (χ1) is 8.95. The Morgan fingerprint density at radius 1 is 1.42 bits per heavy atom. The lowest BCUT2D eigenvalue weighted by molar-refractivity contribution is 0.0927. The summed E-state index contributed by atoms with van der Waals surface area (Å²) in [6.45, 7) is 7.65. The molecule has 0 fully saturated rings. The Bertz CT molecular complexity index is 453. The van der Waals surface area contributed by atoms with Gasteiger partial charge in [0, 0.05) is 11.6 Å². The first-order valence-electron chi connectivity index (χ1n) is 5.74. The van der Waals surface area contributed by atoms with Crippen LogP contribution >= 0.6 is 23.2 Å². The number of rotatable bonds is 6. The molecule has 4 nitrogen and oxygen atoms in total. The summed E-state index contributed by atoms with van der Waals surface area (Å²) in [7, 11) is 0. The second-order valence-electron chi connectivity index (χ2n) is 4.12. The van der Waals surface area contributed by atoms with Crippen LogP contribution < -0.4 is 15.6 Å². The summed E-state index contributed by atoms with van der Waals surface area (Å²) in [5, 5.41) is 0.563. The second kappa shape index (κ2) is 7.38. The van der Waals surface area contributed by atoms with Crippen molar-refractivity contribution in [2.24, 2.45) is 0 Å². The average molecular weight is 303 g/mol. The molecular weight excluding hydrogens is 287 g/mol. The zero-order valence-electron chi connectivity index (χ0n) is 10.8. The predicted octanol–water partition coefficient (Wildman–Crippen LogP) is 3.20. The second-order valence-corrected chi connectivity index (χ2v) is 4.94. The Morgan fingerprint density at radius 2 is 2.00 bits per heavy atom. The monoisotopic (exact) mass is 302 g/mol. The topological polar surface area (TPSA) is 50.4 Å². The van der Waals surface area contributed by atoms with Crippen LogP contribution in [0.15, 0.2) is 24.8 Å². The number of halogens is 2. The fraction of sp³-hybridized carbons (Fsp3) is 0.308. The van der Waals surface area contributed by atoms with Gasteiger partial charge < -0.3 is 4.74 Å². The van der Waals surface area contributed by atoms with Crippen LogP contribution in [-0.2, 0) is 0 Å². The van der Waals surface area contributed by atoms with Gasteiger partial charge in [-0.05, 0) is 26.0 Å². The third-order valence-electron chi connectivity index (χ3n) is 2.08. The van der Waals surface area contributed by atoms with Gasteiger partial charge >= 0.3 is 0 Å². The predicted molar refractivity (Wildman–Crippen MR) is 77.9 cm³/mol. The number of ether oxygens (including phenoxy) is 1. The lowest BCUT2D eigenvalue weighted by Crippen LogP contribution is -2.41. The number of nitrogens with one attached hydrogen (secondary N) is 2. The van der Waals surface area contributed by atoms with Crippen molar-refractivity contribution >= 4 is 29.1 Å². The molecule has 104 valence electrons. The van der Waals surface area contributed by atoms with E-state index in [9.17, 15) is 4.79 Å². The molecule has 0 aliphatic heterocycles. The molecule has 0 spiro atoms. The summed E-state index contributed by atoms with van der Waals surface area (Å²) in [6.07, 6.45) is 1.58. The molecule has 0 heterocycles. The molecule has 0 aromatic heterocycles. The van der Waals surface area contributed by atoms with Crippen LogP contribution in [0.5, 0.6) is 5.75 Å². The first-order valence-corrected chi connectivity index (χ1v) is 6.50. The summed E-state index contributed by atoms with van der Waals surface area (Å²) in [4.78, 5) is 11.8. The SMILES string of the molecule is C=CCOc1c(Cl)cc(C(=O)NNC(C)C)cc1Cl. The van der Waals surface area contributed by atoms with Gasteiger partial charge in [0.05, 0.1) is 10.0 Å². The molecule has 0 aliphatic carbocycles. The number of hydrazine groups is 1. The van der Waals surface area contributed by atoms with Crippen LogP contribution in [0.1, 0.15) is 24.2 Å². The standard InChI is InChI=1S/C13H16Cl2N2O2/c1-4-5-19-12-10(14)6-9(7-11(12)15)13(18)17-16-8(2)3/h4,6-8,16H,1,5H2,2-3H3,(H,17,18). The van der Waals surface area contributed by atoms with Crippen molar-refractivity contribution in [1.29, 1.82) is 0 Å². The Balaban J connectivity index is 2.87. The minimum atomic E-state index is -0.312. The van der Waals surface area contributed by atoms with E-state index in [1.807, 2.05) is 13.8 Å². The van der Waals surface area contributed by atoms with E-state index in [0.29, 0.717) is 17.9 Å². The molecule has 1 amide bonds. The largest absolute Gasteiger partial charge is 0.486 e. The van der Waals surface area contributed by atoms with Crippen molar-refractivity contribution in [3.05, 3.63) is 40.4 Å². The quantitative estimate of drug-likeness (QED) is 0.627.